The van der Waals surface area contributed by atoms with Crippen molar-refractivity contribution in [1.29, 1.82) is 0 Å². The van der Waals surface area contributed by atoms with E-state index >= 15 is 0 Å². The zero-order valence-corrected chi connectivity index (χ0v) is 12.2. The summed E-state index contributed by atoms with van der Waals surface area (Å²) < 4.78 is 4.88. The van der Waals surface area contributed by atoms with E-state index in [9.17, 15) is 4.79 Å². The zero-order valence-electron chi connectivity index (χ0n) is 12.2. The van der Waals surface area contributed by atoms with Gasteiger partial charge in [0.15, 0.2) is 0 Å². The van der Waals surface area contributed by atoms with Gasteiger partial charge in [0.1, 0.15) is 6.04 Å². The first-order chi connectivity index (χ1) is 8.56. The van der Waals surface area contributed by atoms with Crippen molar-refractivity contribution in [2.75, 3.05) is 26.7 Å². The lowest BCUT2D eigenvalue weighted by Crippen LogP contribution is -2.49. The Kier molecular flexibility index (Phi) is 6.65. The summed E-state index contributed by atoms with van der Waals surface area (Å²) in [6, 6.07) is 0.0822. The molecule has 106 valence electrons. The average Bonchev–Trinajstić information content (AvgIpc) is 3.10. The maximum absolute atomic E-state index is 11.8. The van der Waals surface area contributed by atoms with E-state index in [1.54, 1.807) is 0 Å². The highest BCUT2D eigenvalue weighted by molar-refractivity contribution is 5.75. The summed E-state index contributed by atoms with van der Waals surface area (Å²) in [5.74, 6) is 0.703. The third kappa shape index (κ3) is 5.83. The van der Waals surface area contributed by atoms with Crippen LogP contribution in [0.25, 0.3) is 0 Å². The molecule has 1 saturated carbocycles. The van der Waals surface area contributed by atoms with Crippen molar-refractivity contribution in [1.82, 2.24) is 10.2 Å². The Morgan fingerprint density at radius 3 is 2.56 bits per heavy atom. The molecule has 0 aromatic carbocycles. The minimum atomic E-state index is -0.208. The molecule has 1 atom stereocenters. The van der Waals surface area contributed by atoms with Crippen LogP contribution in [0.1, 0.15) is 40.0 Å². The van der Waals surface area contributed by atoms with Gasteiger partial charge in [0, 0.05) is 19.1 Å². The maximum atomic E-state index is 11.8. The molecule has 0 heterocycles. The van der Waals surface area contributed by atoms with Crippen LogP contribution in [0.5, 0.6) is 0 Å². The lowest BCUT2D eigenvalue weighted by molar-refractivity contribution is -0.143. The van der Waals surface area contributed by atoms with Gasteiger partial charge >= 0.3 is 5.97 Å². The molecule has 0 aliphatic heterocycles. The van der Waals surface area contributed by atoms with Gasteiger partial charge < -0.3 is 15.0 Å². The highest BCUT2D eigenvalue weighted by Gasteiger charge is 2.27. The maximum Gasteiger partial charge on any atom is 0.324 e. The van der Waals surface area contributed by atoms with Crippen molar-refractivity contribution in [3.05, 3.63) is 0 Å². The molecule has 1 aliphatic carbocycles. The van der Waals surface area contributed by atoms with Crippen molar-refractivity contribution in [2.24, 2.45) is 5.92 Å². The second-order valence-electron chi connectivity index (χ2n) is 5.60. The number of methoxy groups -OCH3 is 1. The molecule has 1 aliphatic rings. The van der Waals surface area contributed by atoms with Gasteiger partial charge in [0.05, 0.1) is 7.11 Å². The molecule has 0 amide bonds. The Morgan fingerprint density at radius 2 is 2.11 bits per heavy atom. The number of carbonyl (C=O) groups is 1. The molecule has 1 unspecified atom stereocenters. The van der Waals surface area contributed by atoms with Crippen molar-refractivity contribution >= 4 is 5.97 Å². The lowest BCUT2D eigenvalue weighted by Gasteiger charge is -2.27. The first-order valence-electron chi connectivity index (χ1n) is 7.13. The van der Waals surface area contributed by atoms with Crippen LogP contribution in [-0.4, -0.2) is 49.7 Å². The molecule has 0 saturated heterocycles. The van der Waals surface area contributed by atoms with Crippen LogP contribution >= 0.6 is 0 Å². The summed E-state index contributed by atoms with van der Waals surface area (Å²) >= 11 is 0. The Hall–Kier alpha value is -0.610. The molecule has 0 bridgehead atoms. The van der Waals surface area contributed by atoms with E-state index in [4.69, 9.17) is 4.74 Å². The second kappa shape index (κ2) is 7.74. The molecule has 0 radical (unpaired) electrons. The molecule has 1 rings (SSSR count). The van der Waals surface area contributed by atoms with Crippen molar-refractivity contribution in [3.63, 3.8) is 0 Å². The van der Waals surface area contributed by atoms with Crippen LogP contribution in [0, 0.1) is 5.92 Å². The molecule has 0 aromatic rings. The van der Waals surface area contributed by atoms with Crippen LogP contribution < -0.4 is 5.32 Å². The average molecular weight is 256 g/mol. The molecular formula is C14H28N2O2. The smallest absolute Gasteiger partial charge is 0.324 e. The SMILES string of the molecule is CCCN(CC1CC1)CC(NC(C)C)C(=O)OC. The van der Waals surface area contributed by atoms with Gasteiger partial charge in [-0.2, -0.15) is 0 Å². The molecular weight excluding hydrogens is 228 g/mol. The Morgan fingerprint density at radius 1 is 1.44 bits per heavy atom. The van der Waals surface area contributed by atoms with Gasteiger partial charge in [-0.25, -0.2) is 0 Å². The third-order valence-corrected chi connectivity index (χ3v) is 3.21. The third-order valence-electron chi connectivity index (χ3n) is 3.21. The fraction of sp³-hybridized carbons (Fsp3) is 0.929. The summed E-state index contributed by atoms with van der Waals surface area (Å²) in [5.41, 5.74) is 0. The second-order valence-corrected chi connectivity index (χ2v) is 5.60. The molecule has 0 aromatic heterocycles. The quantitative estimate of drug-likeness (QED) is 0.637. The lowest BCUT2D eigenvalue weighted by atomic mass is 10.2. The standard InChI is InChI=1S/C14H28N2O2/c1-5-8-16(9-12-6-7-12)10-13(14(17)18-4)15-11(2)3/h11-13,15H,5-10H2,1-4H3. The number of hydrogen-bond acceptors (Lipinski definition) is 4. The highest BCUT2D eigenvalue weighted by Crippen LogP contribution is 2.29. The number of nitrogens with one attached hydrogen (secondary N) is 1. The molecule has 1 fully saturated rings. The molecule has 4 heteroatoms. The summed E-state index contributed by atoms with van der Waals surface area (Å²) in [4.78, 5) is 14.2. The van der Waals surface area contributed by atoms with E-state index < -0.39 is 0 Å². The minimum absolute atomic E-state index is 0.152. The Bertz CT molecular complexity index is 252. The fourth-order valence-electron chi connectivity index (χ4n) is 2.24. The fourth-order valence-corrected chi connectivity index (χ4v) is 2.24. The van der Waals surface area contributed by atoms with E-state index in [2.05, 4.69) is 31.0 Å². The van der Waals surface area contributed by atoms with E-state index in [0.717, 1.165) is 32.0 Å². The normalized spacial score (nSPS) is 17.2. The van der Waals surface area contributed by atoms with E-state index in [1.807, 2.05) is 0 Å². The summed E-state index contributed by atoms with van der Waals surface area (Å²) in [6.07, 6.45) is 3.82. The Balaban J connectivity index is 2.50. The summed E-state index contributed by atoms with van der Waals surface area (Å²) in [6.45, 7) is 9.24. The van der Waals surface area contributed by atoms with Crippen molar-refractivity contribution in [3.8, 4) is 0 Å². The summed E-state index contributed by atoms with van der Waals surface area (Å²) in [5, 5.41) is 3.30. The molecule has 4 nitrogen and oxygen atoms in total. The van der Waals surface area contributed by atoms with Crippen molar-refractivity contribution < 1.29 is 9.53 Å². The topological polar surface area (TPSA) is 41.6 Å². The number of rotatable bonds is 9. The van der Waals surface area contributed by atoms with Crippen molar-refractivity contribution in [2.45, 2.75) is 52.1 Å². The Labute approximate surface area is 111 Å². The van der Waals surface area contributed by atoms with E-state index in [0.29, 0.717) is 6.04 Å². The first-order valence-corrected chi connectivity index (χ1v) is 7.13. The number of nitrogens with zero attached hydrogens (tertiary/aromatic N) is 1. The monoisotopic (exact) mass is 256 g/mol. The zero-order chi connectivity index (χ0) is 13.5. The number of ether oxygens (including phenoxy) is 1. The van der Waals surface area contributed by atoms with Gasteiger partial charge in [-0.15, -0.1) is 0 Å². The van der Waals surface area contributed by atoms with Crippen LogP contribution in [0.4, 0.5) is 0 Å². The van der Waals surface area contributed by atoms with Gasteiger partial charge in [-0.3, -0.25) is 4.79 Å². The number of esters is 1. The van der Waals surface area contributed by atoms with Gasteiger partial charge in [-0.05, 0) is 31.7 Å². The highest BCUT2D eigenvalue weighted by atomic mass is 16.5. The predicted octanol–water partition coefficient (Wildman–Crippen LogP) is 1.65. The van der Waals surface area contributed by atoms with E-state index in [-0.39, 0.29) is 12.0 Å². The molecule has 0 spiro atoms. The molecule has 1 N–H and O–H groups in total. The largest absolute Gasteiger partial charge is 0.468 e. The van der Waals surface area contributed by atoms with Crippen LogP contribution in [0.2, 0.25) is 0 Å². The summed E-state index contributed by atoms with van der Waals surface area (Å²) in [7, 11) is 1.46. The van der Waals surface area contributed by atoms with Crippen LogP contribution in [0.15, 0.2) is 0 Å². The number of hydrogen-bond donors (Lipinski definition) is 1. The van der Waals surface area contributed by atoms with E-state index in [1.165, 1.54) is 20.0 Å². The predicted molar refractivity (Wildman–Crippen MR) is 73.5 cm³/mol. The number of carbonyl (C=O) groups excluding carboxylic acids is 1. The van der Waals surface area contributed by atoms with Crippen LogP contribution in [0.3, 0.4) is 0 Å². The minimum Gasteiger partial charge on any atom is -0.468 e. The first kappa shape index (κ1) is 15.4. The van der Waals surface area contributed by atoms with Gasteiger partial charge in [0.2, 0.25) is 0 Å². The van der Waals surface area contributed by atoms with Gasteiger partial charge in [-0.1, -0.05) is 20.8 Å². The molecule has 18 heavy (non-hydrogen) atoms. The van der Waals surface area contributed by atoms with Gasteiger partial charge in [0.25, 0.3) is 0 Å². The van der Waals surface area contributed by atoms with Crippen LogP contribution in [-0.2, 0) is 9.53 Å².